The standard InChI is InChI=1S/C58H101N2O6P/c1-6-8-10-12-14-16-18-20-22-24-26-28-30-32-34-36-38-40-42-44-46-48-50-52-58(62)59-56(55-66-67(63,64)65-54-53-60(3,4)5)57(61)51-49-47-45-43-41-39-37-35-33-31-29-27-25-23-21-19-17-15-13-11-9-7-2/h8,10,14,16,20,22,26,28,32-35,38,40-41,43,49,51,56-57,61H,6-7,9,11-13,15,17-19,21,23-25,27,29-31,36-37,39,42,44-48,50,52-55H2,1-5H3,(H-,59,62,63,64)/b10-8-,16-14-,22-20-,28-26-,34-32-,35-33+,40-38-,43-41+,51-49+. The van der Waals surface area contributed by atoms with E-state index in [9.17, 15) is 19.4 Å². The molecule has 0 fully saturated rings. The molecular weight excluding hydrogens is 852 g/mol. The molecule has 2 N–H and O–H groups in total. The van der Waals surface area contributed by atoms with E-state index < -0.39 is 26.6 Å². The lowest BCUT2D eigenvalue weighted by Crippen LogP contribution is -2.45. The van der Waals surface area contributed by atoms with E-state index in [1.807, 2.05) is 27.2 Å². The lowest BCUT2D eigenvalue weighted by Gasteiger charge is -2.29. The second kappa shape index (κ2) is 48.2. The number of nitrogens with one attached hydrogen (secondary N) is 1. The average Bonchev–Trinajstić information content (AvgIpc) is 3.29. The van der Waals surface area contributed by atoms with E-state index in [4.69, 9.17) is 9.05 Å². The molecule has 0 heterocycles. The van der Waals surface area contributed by atoms with E-state index in [0.717, 1.165) is 89.9 Å². The Hall–Kier alpha value is -2.84. The average molecular weight is 953 g/mol. The lowest BCUT2D eigenvalue weighted by molar-refractivity contribution is -0.870. The van der Waals surface area contributed by atoms with E-state index in [1.54, 1.807) is 6.08 Å². The Balaban J connectivity index is 4.45. The van der Waals surface area contributed by atoms with Crippen molar-refractivity contribution in [3.05, 3.63) is 109 Å². The van der Waals surface area contributed by atoms with Gasteiger partial charge in [-0.25, -0.2) is 0 Å². The number of likely N-dealkylation sites (N-methyl/N-ethyl adjacent to an activating group) is 1. The van der Waals surface area contributed by atoms with Gasteiger partial charge in [0, 0.05) is 6.42 Å². The summed E-state index contributed by atoms with van der Waals surface area (Å²) >= 11 is 0. The van der Waals surface area contributed by atoms with Crippen molar-refractivity contribution >= 4 is 13.7 Å². The zero-order valence-electron chi connectivity index (χ0n) is 43.6. The zero-order valence-corrected chi connectivity index (χ0v) is 44.5. The minimum Gasteiger partial charge on any atom is -0.756 e. The van der Waals surface area contributed by atoms with Crippen molar-refractivity contribution in [3.63, 3.8) is 0 Å². The van der Waals surface area contributed by atoms with Crippen LogP contribution in [0.15, 0.2) is 109 Å². The quantitative estimate of drug-likeness (QED) is 0.0272. The molecule has 0 bridgehead atoms. The van der Waals surface area contributed by atoms with Crippen LogP contribution in [0.3, 0.4) is 0 Å². The monoisotopic (exact) mass is 953 g/mol. The van der Waals surface area contributed by atoms with Gasteiger partial charge < -0.3 is 28.8 Å². The second-order valence-corrected chi connectivity index (χ2v) is 20.2. The number of phosphoric ester groups is 1. The van der Waals surface area contributed by atoms with E-state index in [1.165, 1.54) is 83.5 Å². The lowest BCUT2D eigenvalue weighted by atomic mass is 10.0. The van der Waals surface area contributed by atoms with Crippen LogP contribution in [0.25, 0.3) is 0 Å². The first-order chi connectivity index (χ1) is 32.5. The Kier molecular flexibility index (Phi) is 46.2. The van der Waals surface area contributed by atoms with Crippen LogP contribution in [-0.2, 0) is 18.4 Å². The molecule has 0 saturated carbocycles. The van der Waals surface area contributed by atoms with E-state index in [0.29, 0.717) is 23.9 Å². The largest absolute Gasteiger partial charge is 0.756 e. The van der Waals surface area contributed by atoms with Crippen LogP contribution in [0.1, 0.15) is 200 Å². The normalized spacial score (nSPS) is 14.9. The summed E-state index contributed by atoms with van der Waals surface area (Å²) in [7, 11) is 1.20. The highest BCUT2D eigenvalue weighted by Crippen LogP contribution is 2.38. The van der Waals surface area contributed by atoms with Gasteiger partial charge in [-0.1, -0.05) is 207 Å². The fraction of sp³-hybridized carbons (Fsp3) is 0.672. The molecule has 0 saturated heterocycles. The molecule has 3 atom stereocenters. The van der Waals surface area contributed by atoms with Crippen LogP contribution in [0.4, 0.5) is 0 Å². The summed E-state index contributed by atoms with van der Waals surface area (Å²) in [4.78, 5) is 25.4. The predicted molar refractivity (Wildman–Crippen MR) is 288 cm³/mol. The number of amides is 1. The summed E-state index contributed by atoms with van der Waals surface area (Å²) in [6.07, 6.45) is 70.1. The molecule has 3 unspecified atom stereocenters. The third-order valence-corrected chi connectivity index (χ3v) is 12.2. The fourth-order valence-corrected chi connectivity index (χ4v) is 7.73. The van der Waals surface area contributed by atoms with Crippen molar-refractivity contribution in [2.24, 2.45) is 0 Å². The Labute approximate surface area is 412 Å². The molecule has 0 radical (unpaired) electrons. The van der Waals surface area contributed by atoms with Crippen LogP contribution < -0.4 is 10.2 Å². The number of hydrogen-bond acceptors (Lipinski definition) is 6. The molecule has 0 aliphatic heterocycles. The van der Waals surface area contributed by atoms with Crippen molar-refractivity contribution in [2.75, 3.05) is 40.9 Å². The first-order valence-electron chi connectivity index (χ1n) is 26.7. The van der Waals surface area contributed by atoms with Crippen molar-refractivity contribution < 1.29 is 32.9 Å². The van der Waals surface area contributed by atoms with Crippen LogP contribution in [-0.4, -0.2) is 68.5 Å². The number of rotatable bonds is 47. The van der Waals surface area contributed by atoms with Gasteiger partial charge in [0.1, 0.15) is 13.2 Å². The van der Waals surface area contributed by atoms with Gasteiger partial charge in [0.25, 0.3) is 7.82 Å². The highest BCUT2D eigenvalue weighted by atomic mass is 31.2. The van der Waals surface area contributed by atoms with Crippen LogP contribution in [0.2, 0.25) is 0 Å². The van der Waals surface area contributed by atoms with Crippen molar-refractivity contribution in [1.82, 2.24) is 5.32 Å². The number of phosphoric acid groups is 1. The molecule has 0 aliphatic rings. The zero-order chi connectivity index (χ0) is 49.2. The highest BCUT2D eigenvalue weighted by molar-refractivity contribution is 7.45. The summed E-state index contributed by atoms with van der Waals surface area (Å²) in [6.45, 7) is 4.47. The molecular formula is C58H101N2O6P. The Morgan fingerprint density at radius 2 is 0.925 bits per heavy atom. The maximum Gasteiger partial charge on any atom is 0.268 e. The molecule has 0 spiro atoms. The van der Waals surface area contributed by atoms with Gasteiger partial charge in [-0.3, -0.25) is 9.36 Å². The van der Waals surface area contributed by atoms with Crippen molar-refractivity contribution in [2.45, 2.75) is 212 Å². The number of aliphatic hydroxyl groups is 1. The molecule has 8 nitrogen and oxygen atoms in total. The van der Waals surface area contributed by atoms with Gasteiger partial charge in [0.2, 0.25) is 5.91 Å². The number of nitrogens with zero attached hydrogens (tertiary/aromatic N) is 1. The van der Waals surface area contributed by atoms with Crippen LogP contribution in [0.5, 0.6) is 0 Å². The fourth-order valence-electron chi connectivity index (χ4n) is 7.01. The summed E-state index contributed by atoms with van der Waals surface area (Å²) in [5.74, 6) is -0.240. The van der Waals surface area contributed by atoms with Gasteiger partial charge in [-0.05, 0) is 96.3 Å². The summed E-state index contributed by atoms with van der Waals surface area (Å²) in [5.41, 5.74) is 0. The van der Waals surface area contributed by atoms with Crippen molar-refractivity contribution in [1.29, 1.82) is 0 Å². The number of hydrogen-bond donors (Lipinski definition) is 2. The maximum absolute atomic E-state index is 12.9. The first kappa shape index (κ1) is 64.2. The van der Waals surface area contributed by atoms with Gasteiger partial charge in [0.15, 0.2) is 0 Å². The third-order valence-electron chi connectivity index (χ3n) is 11.2. The Morgan fingerprint density at radius 1 is 0.537 bits per heavy atom. The number of allylic oxidation sites excluding steroid dienone is 17. The van der Waals surface area contributed by atoms with E-state index in [-0.39, 0.29) is 12.5 Å². The molecule has 0 aromatic carbocycles. The topological polar surface area (TPSA) is 108 Å². The minimum atomic E-state index is -4.62. The molecule has 0 aromatic heterocycles. The maximum atomic E-state index is 12.9. The Bertz CT molecular complexity index is 1450. The summed E-state index contributed by atoms with van der Waals surface area (Å²) in [6, 6.07) is -0.932. The van der Waals surface area contributed by atoms with E-state index in [2.05, 4.69) is 116 Å². The number of quaternary nitrogens is 1. The Morgan fingerprint density at radius 3 is 1.39 bits per heavy atom. The smallest absolute Gasteiger partial charge is 0.268 e. The molecule has 0 aliphatic carbocycles. The number of carbonyl (C=O) groups excluding carboxylic acids is 1. The highest BCUT2D eigenvalue weighted by Gasteiger charge is 2.23. The number of carbonyl (C=O) groups is 1. The predicted octanol–water partition coefficient (Wildman–Crippen LogP) is 15.4. The van der Waals surface area contributed by atoms with Gasteiger partial charge in [0.05, 0.1) is 39.9 Å². The molecule has 0 rings (SSSR count). The van der Waals surface area contributed by atoms with E-state index >= 15 is 0 Å². The molecule has 1 amide bonds. The number of unbranched alkanes of at least 4 members (excludes halogenated alkanes) is 18. The van der Waals surface area contributed by atoms with Gasteiger partial charge in [-0.15, -0.1) is 0 Å². The number of aliphatic hydroxyl groups excluding tert-OH is 1. The molecule has 9 heteroatoms. The molecule has 384 valence electrons. The van der Waals surface area contributed by atoms with Crippen molar-refractivity contribution in [3.8, 4) is 0 Å². The second-order valence-electron chi connectivity index (χ2n) is 18.8. The van der Waals surface area contributed by atoms with Gasteiger partial charge in [-0.2, -0.15) is 0 Å². The SMILES string of the molecule is CC/C=C\C/C=C\C/C=C\C/C=C\C/C=C\C/C=C\CCCCCCC(=O)NC(COP(=O)([O-])OCC[N+](C)(C)C)C(O)/C=C/CC/C=C/CC/C=C/CCCCCCCCCCCCCC. The summed E-state index contributed by atoms with van der Waals surface area (Å²) < 4.78 is 23.3. The summed E-state index contributed by atoms with van der Waals surface area (Å²) in [5, 5.41) is 13.8. The molecule has 67 heavy (non-hydrogen) atoms. The van der Waals surface area contributed by atoms with Crippen LogP contribution in [0, 0.1) is 0 Å². The first-order valence-corrected chi connectivity index (χ1v) is 28.2. The minimum absolute atomic E-state index is 0.0207. The molecule has 0 aromatic rings. The van der Waals surface area contributed by atoms with Gasteiger partial charge >= 0.3 is 0 Å². The third kappa shape index (κ3) is 50.9. The van der Waals surface area contributed by atoms with Crippen LogP contribution >= 0.6 is 7.82 Å².